The molecule has 0 fully saturated rings. The Labute approximate surface area is 152 Å². The molecule has 0 atom stereocenters. The van der Waals surface area contributed by atoms with Crippen LogP contribution in [0.5, 0.6) is 17.2 Å². The Bertz CT molecular complexity index is 900. The maximum Gasteiger partial charge on any atom is 0.244 e. The lowest BCUT2D eigenvalue weighted by molar-refractivity contribution is -0.116. The van der Waals surface area contributed by atoms with E-state index >= 15 is 0 Å². The van der Waals surface area contributed by atoms with Crippen molar-refractivity contribution < 1.29 is 19.0 Å². The second-order valence-corrected chi connectivity index (χ2v) is 5.71. The Balaban J connectivity index is 1.76. The first-order valence-corrected chi connectivity index (χ1v) is 8.38. The van der Waals surface area contributed by atoms with Crippen molar-refractivity contribution in [1.29, 1.82) is 0 Å². The molecule has 6 heteroatoms. The van der Waals surface area contributed by atoms with E-state index in [4.69, 9.17) is 14.2 Å². The molecule has 0 radical (unpaired) electrons. The fraction of sp³-hybridized carbons (Fsp3) is 0.250. The number of rotatable bonds is 7. The van der Waals surface area contributed by atoms with E-state index in [-0.39, 0.29) is 12.5 Å². The number of fused-ring (bicyclic) bond motifs is 1. The van der Waals surface area contributed by atoms with Gasteiger partial charge in [0.2, 0.25) is 5.91 Å². The fourth-order valence-corrected chi connectivity index (χ4v) is 2.82. The number of methoxy groups -OCH3 is 2. The average molecular weight is 354 g/mol. The molecule has 1 aromatic heterocycles. The number of hydrogen-bond acceptors (Lipinski definition) is 4. The Hall–Kier alpha value is -3.15. The average Bonchev–Trinajstić information content (AvgIpc) is 3.05. The molecule has 6 nitrogen and oxygen atoms in total. The monoisotopic (exact) mass is 354 g/mol. The van der Waals surface area contributed by atoms with Crippen LogP contribution in [0.3, 0.4) is 0 Å². The summed E-state index contributed by atoms with van der Waals surface area (Å²) in [5, 5.41) is 3.83. The first kappa shape index (κ1) is 17.7. The summed E-state index contributed by atoms with van der Waals surface area (Å²) < 4.78 is 18.0. The molecular weight excluding hydrogens is 332 g/mol. The molecule has 3 rings (SSSR count). The van der Waals surface area contributed by atoms with Crippen molar-refractivity contribution in [2.75, 3.05) is 26.1 Å². The van der Waals surface area contributed by atoms with Gasteiger partial charge in [0, 0.05) is 29.4 Å². The number of anilines is 1. The van der Waals surface area contributed by atoms with Crippen LogP contribution in [-0.2, 0) is 11.3 Å². The van der Waals surface area contributed by atoms with Crippen molar-refractivity contribution in [3.8, 4) is 17.2 Å². The highest BCUT2D eigenvalue weighted by atomic mass is 16.5. The Kier molecular flexibility index (Phi) is 5.31. The van der Waals surface area contributed by atoms with E-state index in [9.17, 15) is 4.79 Å². The van der Waals surface area contributed by atoms with Crippen LogP contribution in [-0.4, -0.2) is 31.3 Å². The first-order valence-electron chi connectivity index (χ1n) is 8.38. The minimum absolute atomic E-state index is 0.117. The third-order valence-corrected chi connectivity index (χ3v) is 4.04. The topological polar surface area (TPSA) is 61.7 Å². The van der Waals surface area contributed by atoms with Gasteiger partial charge < -0.3 is 24.1 Å². The fourth-order valence-electron chi connectivity index (χ4n) is 2.82. The molecule has 3 aromatic rings. The van der Waals surface area contributed by atoms with Crippen LogP contribution in [0.2, 0.25) is 0 Å². The third kappa shape index (κ3) is 3.74. The van der Waals surface area contributed by atoms with E-state index in [1.807, 2.05) is 60.2 Å². The molecule has 0 spiro atoms. The Morgan fingerprint density at radius 1 is 1.04 bits per heavy atom. The molecule has 1 N–H and O–H groups in total. The van der Waals surface area contributed by atoms with Gasteiger partial charge in [0.25, 0.3) is 0 Å². The van der Waals surface area contributed by atoms with Crippen molar-refractivity contribution in [2.24, 2.45) is 0 Å². The van der Waals surface area contributed by atoms with Crippen molar-refractivity contribution in [3.05, 3.63) is 48.7 Å². The maximum atomic E-state index is 12.4. The Morgan fingerprint density at radius 3 is 2.46 bits per heavy atom. The molecule has 0 aliphatic rings. The molecule has 26 heavy (non-hydrogen) atoms. The van der Waals surface area contributed by atoms with Crippen LogP contribution in [0, 0.1) is 0 Å². The molecule has 0 saturated carbocycles. The van der Waals surface area contributed by atoms with Crippen LogP contribution < -0.4 is 19.5 Å². The lowest BCUT2D eigenvalue weighted by Gasteiger charge is -2.10. The molecule has 1 amide bonds. The number of carbonyl (C=O) groups is 1. The highest BCUT2D eigenvalue weighted by molar-refractivity contribution is 5.93. The van der Waals surface area contributed by atoms with Gasteiger partial charge in [-0.15, -0.1) is 0 Å². The van der Waals surface area contributed by atoms with E-state index in [0.29, 0.717) is 18.1 Å². The summed E-state index contributed by atoms with van der Waals surface area (Å²) in [4.78, 5) is 12.4. The highest BCUT2D eigenvalue weighted by Crippen LogP contribution is 2.31. The maximum absolute atomic E-state index is 12.4. The molecule has 0 aliphatic carbocycles. The zero-order valence-electron chi connectivity index (χ0n) is 15.1. The standard InChI is InChI=1S/C20H22N2O4/c1-4-26-15-7-5-14(6-8-15)21-20(23)13-22-10-9-17-18(22)11-16(24-2)12-19(17)25-3/h5-12H,4,13H2,1-3H3,(H,21,23). The SMILES string of the molecule is CCOc1ccc(NC(=O)Cn2ccc3c(OC)cc(OC)cc32)cc1. The van der Waals surface area contributed by atoms with Gasteiger partial charge in [0.05, 0.1) is 26.3 Å². The third-order valence-electron chi connectivity index (χ3n) is 4.04. The second kappa shape index (κ2) is 7.82. The zero-order valence-corrected chi connectivity index (χ0v) is 15.1. The number of hydrogen-bond donors (Lipinski definition) is 1. The van der Waals surface area contributed by atoms with E-state index in [1.165, 1.54) is 0 Å². The van der Waals surface area contributed by atoms with Gasteiger partial charge in [-0.1, -0.05) is 0 Å². The number of carbonyl (C=O) groups excluding carboxylic acids is 1. The predicted molar refractivity (Wildman–Crippen MR) is 101 cm³/mol. The first-order chi connectivity index (χ1) is 12.6. The van der Waals surface area contributed by atoms with Gasteiger partial charge >= 0.3 is 0 Å². The number of ether oxygens (including phenoxy) is 3. The normalized spacial score (nSPS) is 10.6. The van der Waals surface area contributed by atoms with Crippen LogP contribution in [0.15, 0.2) is 48.7 Å². The van der Waals surface area contributed by atoms with E-state index in [2.05, 4.69) is 5.32 Å². The van der Waals surface area contributed by atoms with Crippen molar-refractivity contribution >= 4 is 22.5 Å². The lowest BCUT2D eigenvalue weighted by Crippen LogP contribution is -2.18. The van der Waals surface area contributed by atoms with Crippen LogP contribution in [0.25, 0.3) is 10.9 Å². The molecular formula is C20H22N2O4. The zero-order chi connectivity index (χ0) is 18.5. The van der Waals surface area contributed by atoms with E-state index in [1.54, 1.807) is 14.2 Å². The summed E-state index contributed by atoms with van der Waals surface area (Å²) in [5.41, 5.74) is 1.60. The number of nitrogens with zero attached hydrogens (tertiary/aromatic N) is 1. The van der Waals surface area contributed by atoms with Crippen molar-refractivity contribution in [2.45, 2.75) is 13.5 Å². The van der Waals surface area contributed by atoms with E-state index in [0.717, 1.165) is 22.3 Å². The summed E-state index contributed by atoms with van der Waals surface area (Å²) in [6.07, 6.45) is 1.87. The summed E-state index contributed by atoms with van der Waals surface area (Å²) in [5.74, 6) is 2.06. The summed E-state index contributed by atoms with van der Waals surface area (Å²) in [6.45, 7) is 2.73. The van der Waals surface area contributed by atoms with Crippen molar-refractivity contribution in [1.82, 2.24) is 4.57 Å². The molecule has 0 bridgehead atoms. The van der Waals surface area contributed by atoms with Gasteiger partial charge in [-0.05, 0) is 37.3 Å². The summed E-state index contributed by atoms with van der Waals surface area (Å²) >= 11 is 0. The number of aromatic nitrogens is 1. The number of benzene rings is 2. The van der Waals surface area contributed by atoms with Gasteiger partial charge in [0.15, 0.2) is 0 Å². The lowest BCUT2D eigenvalue weighted by atomic mass is 10.2. The minimum Gasteiger partial charge on any atom is -0.497 e. The molecule has 1 heterocycles. The van der Waals surface area contributed by atoms with Gasteiger partial charge in [0.1, 0.15) is 23.8 Å². The molecule has 136 valence electrons. The summed E-state index contributed by atoms with van der Waals surface area (Å²) in [7, 11) is 3.22. The second-order valence-electron chi connectivity index (χ2n) is 5.71. The van der Waals surface area contributed by atoms with Crippen molar-refractivity contribution in [3.63, 3.8) is 0 Å². The van der Waals surface area contributed by atoms with Crippen LogP contribution >= 0.6 is 0 Å². The molecule has 0 aliphatic heterocycles. The van der Waals surface area contributed by atoms with Gasteiger partial charge in [-0.25, -0.2) is 0 Å². The smallest absolute Gasteiger partial charge is 0.244 e. The van der Waals surface area contributed by atoms with E-state index < -0.39 is 0 Å². The largest absolute Gasteiger partial charge is 0.497 e. The molecule has 0 saturated heterocycles. The molecule has 2 aromatic carbocycles. The number of amides is 1. The quantitative estimate of drug-likeness (QED) is 0.703. The van der Waals surface area contributed by atoms with Gasteiger partial charge in [-0.2, -0.15) is 0 Å². The highest BCUT2D eigenvalue weighted by Gasteiger charge is 2.12. The van der Waals surface area contributed by atoms with Crippen LogP contribution in [0.1, 0.15) is 6.92 Å². The molecule has 0 unspecified atom stereocenters. The van der Waals surface area contributed by atoms with Crippen LogP contribution in [0.4, 0.5) is 5.69 Å². The predicted octanol–water partition coefficient (Wildman–Crippen LogP) is 3.70. The summed E-state index contributed by atoms with van der Waals surface area (Å²) in [6, 6.07) is 13.0. The van der Waals surface area contributed by atoms with Gasteiger partial charge in [-0.3, -0.25) is 4.79 Å². The number of nitrogens with one attached hydrogen (secondary N) is 1. The Morgan fingerprint density at radius 2 is 1.81 bits per heavy atom. The minimum atomic E-state index is -0.117.